The van der Waals surface area contributed by atoms with Gasteiger partial charge in [0.2, 0.25) is 11.8 Å². The molecule has 0 bridgehead atoms. The molecule has 0 radical (unpaired) electrons. The molecule has 4 N–H and O–H groups in total. The van der Waals surface area contributed by atoms with E-state index in [1.807, 2.05) is 63.2 Å². The molecule has 2 unspecified atom stereocenters. The van der Waals surface area contributed by atoms with Gasteiger partial charge in [0.1, 0.15) is 17.7 Å². The standard InChI is InChI=1S/C33H48N4O5/c1-8-9-10-13-18-37(31(40)27(16-17-28(34)38)36-32(41)42-33(5,6)7)29(25-20-22(2)19-23(3)21-25)30(39)35-26-15-12-11-14-24(26)4/h11-12,14-15,19-21,27,29H,8-10,13,16-18H2,1-7H3,(H2,34,38)(H,35,39)(H,36,41). The van der Waals surface area contributed by atoms with Gasteiger partial charge in [-0.1, -0.05) is 73.7 Å². The Kier molecular flexibility index (Phi) is 13.0. The normalized spacial score (nSPS) is 12.6. The Balaban J connectivity index is 2.60. The van der Waals surface area contributed by atoms with Crippen molar-refractivity contribution in [3.63, 3.8) is 0 Å². The number of anilines is 1. The lowest BCUT2D eigenvalue weighted by Gasteiger charge is -2.35. The fourth-order valence-corrected chi connectivity index (χ4v) is 4.82. The molecule has 0 aromatic heterocycles. The SMILES string of the molecule is CCCCCCN(C(=O)C(CCC(N)=O)NC(=O)OC(C)(C)C)C(C(=O)Nc1ccccc1C)c1cc(C)cc(C)c1. The Morgan fingerprint density at radius 3 is 2.17 bits per heavy atom. The van der Waals surface area contributed by atoms with Crippen LogP contribution in [0.25, 0.3) is 0 Å². The maximum Gasteiger partial charge on any atom is 0.408 e. The molecule has 0 spiro atoms. The minimum atomic E-state index is -1.13. The Morgan fingerprint density at radius 2 is 1.60 bits per heavy atom. The van der Waals surface area contributed by atoms with E-state index in [0.29, 0.717) is 17.7 Å². The Morgan fingerprint density at radius 1 is 0.952 bits per heavy atom. The smallest absolute Gasteiger partial charge is 0.408 e. The number of aryl methyl sites for hydroxylation is 3. The van der Waals surface area contributed by atoms with Crippen LogP contribution in [0.2, 0.25) is 0 Å². The fraction of sp³-hybridized carbons (Fsp3) is 0.515. The van der Waals surface area contributed by atoms with Gasteiger partial charge >= 0.3 is 6.09 Å². The number of nitrogens with two attached hydrogens (primary N) is 1. The van der Waals surface area contributed by atoms with E-state index in [4.69, 9.17) is 10.5 Å². The number of rotatable bonds is 14. The highest BCUT2D eigenvalue weighted by molar-refractivity contribution is 5.99. The van der Waals surface area contributed by atoms with E-state index in [1.54, 1.807) is 20.8 Å². The Hall–Kier alpha value is -3.88. The first-order valence-electron chi connectivity index (χ1n) is 14.7. The zero-order valence-electron chi connectivity index (χ0n) is 26.2. The number of hydrogen-bond donors (Lipinski definition) is 3. The second kappa shape index (κ2) is 15.9. The first kappa shape index (κ1) is 34.3. The zero-order valence-corrected chi connectivity index (χ0v) is 26.2. The van der Waals surface area contributed by atoms with Crippen molar-refractivity contribution in [1.82, 2.24) is 10.2 Å². The summed E-state index contributed by atoms with van der Waals surface area (Å²) in [4.78, 5) is 54.5. The largest absolute Gasteiger partial charge is 0.444 e. The fourth-order valence-electron chi connectivity index (χ4n) is 4.82. The number of ether oxygens (including phenoxy) is 1. The van der Waals surface area contributed by atoms with E-state index in [9.17, 15) is 19.2 Å². The minimum Gasteiger partial charge on any atom is -0.444 e. The monoisotopic (exact) mass is 580 g/mol. The average Bonchev–Trinajstić information content (AvgIpc) is 2.87. The molecule has 230 valence electrons. The molecule has 2 aromatic rings. The number of nitrogens with one attached hydrogen (secondary N) is 2. The molecule has 9 nitrogen and oxygen atoms in total. The molecular weight excluding hydrogens is 532 g/mol. The molecule has 2 atom stereocenters. The van der Waals surface area contributed by atoms with Gasteiger partial charge in [-0.25, -0.2) is 4.79 Å². The summed E-state index contributed by atoms with van der Waals surface area (Å²) in [6.45, 7) is 13.3. The molecule has 4 amide bonds. The van der Waals surface area contributed by atoms with E-state index < -0.39 is 35.6 Å². The third kappa shape index (κ3) is 11.2. The number of unbranched alkanes of at least 4 members (excludes halogenated alkanes) is 3. The van der Waals surface area contributed by atoms with Crippen LogP contribution >= 0.6 is 0 Å². The molecule has 9 heteroatoms. The summed E-state index contributed by atoms with van der Waals surface area (Å²) in [6, 6.07) is 11.1. The van der Waals surface area contributed by atoms with Gasteiger partial charge in [0.25, 0.3) is 5.91 Å². The second-order valence-electron chi connectivity index (χ2n) is 11.9. The molecule has 0 heterocycles. The van der Waals surface area contributed by atoms with Gasteiger partial charge in [-0.3, -0.25) is 14.4 Å². The van der Waals surface area contributed by atoms with E-state index in [0.717, 1.165) is 36.0 Å². The van der Waals surface area contributed by atoms with Crippen LogP contribution in [0.4, 0.5) is 10.5 Å². The average molecular weight is 581 g/mol. The van der Waals surface area contributed by atoms with Crippen LogP contribution in [0.3, 0.4) is 0 Å². The summed E-state index contributed by atoms with van der Waals surface area (Å²) in [6.07, 6.45) is 2.56. The molecule has 0 aliphatic heterocycles. The van der Waals surface area contributed by atoms with Gasteiger partial charge in [0.05, 0.1) is 0 Å². The number of hydrogen-bond acceptors (Lipinski definition) is 5. The van der Waals surface area contributed by atoms with Gasteiger partial charge in [-0.15, -0.1) is 0 Å². The van der Waals surface area contributed by atoms with Crippen LogP contribution in [0.5, 0.6) is 0 Å². The van der Waals surface area contributed by atoms with Crippen LogP contribution in [-0.2, 0) is 19.1 Å². The van der Waals surface area contributed by atoms with Gasteiger partial charge in [-0.2, -0.15) is 0 Å². The lowest BCUT2D eigenvalue weighted by molar-refractivity contribution is -0.141. The minimum absolute atomic E-state index is 0.0299. The lowest BCUT2D eigenvalue weighted by Crippen LogP contribution is -2.53. The van der Waals surface area contributed by atoms with Gasteiger partial charge in [-0.05, 0) is 71.6 Å². The number of primary amides is 1. The van der Waals surface area contributed by atoms with E-state index in [1.165, 1.54) is 4.90 Å². The molecule has 2 rings (SSSR count). The van der Waals surface area contributed by atoms with Crippen molar-refractivity contribution in [1.29, 1.82) is 0 Å². The van der Waals surface area contributed by atoms with E-state index in [2.05, 4.69) is 17.6 Å². The predicted molar refractivity (Wildman–Crippen MR) is 166 cm³/mol. The van der Waals surface area contributed by atoms with Crippen molar-refractivity contribution in [2.45, 2.75) is 105 Å². The van der Waals surface area contributed by atoms with Crippen molar-refractivity contribution in [3.05, 3.63) is 64.7 Å². The zero-order chi connectivity index (χ0) is 31.4. The highest BCUT2D eigenvalue weighted by Crippen LogP contribution is 2.28. The first-order chi connectivity index (χ1) is 19.7. The second-order valence-corrected chi connectivity index (χ2v) is 11.9. The van der Waals surface area contributed by atoms with Crippen molar-refractivity contribution in [2.75, 3.05) is 11.9 Å². The molecule has 0 fully saturated rings. The van der Waals surface area contributed by atoms with Crippen molar-refractivity contribution in [3.8, 4) is 0 Å². The van der Waals surface area contributed by atoms with Crippen molar-refractivity contribution < 1.29 is 23.9 Å². The van der Waals surface area contributed by atoms with Crippen molar-refractivity contribution >= 4 is 29.5 Å². The van der Waals surface area contributed by atoms with Crippen LogP contribution in [0, 0.1) is 20.8 Å². The van der Waals surface area contributed by atoms with Gasteiger partial charge in [0, 0.05) is 18.7 Å². The van der Waals surface area contributed by atoms with Gasteiger partial charge in [0.15, 0.2) is 0 Å². The number of carbonyl (C=O) groups is 4. The van der Waals surface area contributed by atoms with Gasteiger partial charge < -0.3 is 26.0 Å². The maximum atomic E-state index is 14.4. The summed E-state index contributed by atoms with van der Waals surface area (Å²) in [5.41, 5.74) is 8.73. The van der Waals surface area contributed by atoms with Crippen LogP contribution in [0.1, 0.15) is 94.5 Å². The Bertz CT molecular complexity index is 1220. The third-order valence-electron chi connectivity index (χ3n) is 6.73. The van der Waals surface area contributed by atoms with E-state index >= 15 is 0 Å². The maximum absolute atomic E-state index is 14.4. The number of alkyl carbamates (subject to hydrolysis) is 1. The highest BCUT2D eigenvalue weighted by Gasteiger charge is 2.36. The summed E-state index contributed by atoms with van der Waals surface area (Å²) in [5, 5.41) is 5.67. The molecule has 2 aromatic carbocycles. The number of benzene rings is 2. The molecule has 0 saturated heterocycles. The summed E-state index contributed by atoms with van der Waals surface area (Å²) >= 11 is 0. The molecular formula is C33H48N4O5. The molecule has 0 saturated carbocycles. The van der Waals surface area contributed by atoms with Crippen LogP contribution in [0.15, 0.2) is 42.5 Å². The third-order valence-corrected chi connectivity index (χ3v) is 6.73. The summed E-state index contributed by atoms with van der Waals surface area (Å²) < 4.78 is 5.42. The summed E-state index contributed by atoms with van der Waals surface area (Å²) in [7, 11) is 0. The van der Waals surface area contributed by atoms with Crippen molar-refractivity contribution in [2.24, 2.45) is 5.73 Å². The van der Waals surface area contributed by atoms with Crippen LogP contribution in [-0.4, -0.2) is 46.9 Å². The molecule has 42 heavy (non-hydrogen) atoms. The summed E-state index contributed by atoms with van der Waals surface area (Å²) in [5.74, 6) is -1.46. The number of para-hydroxylation sites is 1. The highest BCUT2D eigenvalue weighted by atomic mass is 16.6. The topological polar surface area (TPSA) is 131 Å². The number of nitrogens with zero attached hydrogens (tertiary/aromatic N) is 1. The quantitative estimate of drug-likeness (QED) is 0.241. The predicted octanol–water partition coefficient (Wildman–Crippen LogP) is 5.86. The first-order valence-corrected chi connectivity index (χ1v) is 14.7. The van der Waals surface area contributed by atoms with Crippen LogP contribution < -0.4 is 16.4 Å². The molecule has 0 aliphatic carbocycles. The Labute approximate surface area is 250 Å². The number of carbonyl (C=O) groups excluding carboxylic acids is 4. The number of amides is 4. The lowest BCUT2D eigenvalue weighted by atomic mass is 9.97. The van der Waals surface area contributed by atoms with E-state index in [-0.39, 0.29) is 25.3 Å². The molecule has 0 aliphatic rings.